The highest BCUT2D eigenvalue weighted by Crippen LogP contribution is 2.26. The zero-order valence-corrected chi connectivity index (χ0v) is 14.9. The van der Waals surface area contributed by atoms with E-state index in [1.54, 1.807) is 0 Å². The van der Waals surface area contributed by atoms with E-state index in [0.29, 0.717) is 6.42 Å². The van der Waals surface area contributed by atoms with Crippen LogP contribution in [0.2, 0.25) is 0 Å². The molecule has 0 amide bonds. The average Bonchev–Trinajstić information content (AvgIpc) is 2.55. The summed E-state index contributed by atoms with van der Waals surface area (Å²) in [5, 5.41) is 0. The lowest BCUT2D eigenvalue weighted by molar-refractivity contribution is -0.0707. The third-order valence-corrected chi connectivity index (χ3v) is 4.89. The Morgan fingerprint density at radius 1 is 1.26 bits per heavy atom. The third-order valence-electron chi connectivity index (χ3n) is 4.89. The number of hydrogen-bond donors (Lipinski definition) is 0. The van der Waals surface area contributed by atoms with Gasteiger partial charge in [0.2, 0.25) is 0 Å². The number of likely N-dealkylation sites (tertiary alicyclic amines) is 1. The summed E-state index contributed by atoms with van der Waals surface area (Å²) >= 11 is 0. The summed E-state index contributed by atoms with van der Waals surface area (Å²) < 4.78 is 6.00. The SMILES string of the molecule is CCCOC1(C)CCN(CCCC(=O)c2ccccc2C)CC1. The Hall–Kier alpha value is -1.19. The predicted molar refractivity (Wildman–Crippen MR) is 95.1 cm³/mol. The lowest BCUT2D eigenvalue weighted by atomic mass is 9.93. The van der Waals surface area contributed by atoms with Crippen molar-refractivity contribution in [3.05, 3.63) is 35.4 Å². The van der Waals surface area contributed by atoms with Gasteiger partial charge in [0.25, 0.3) is 0 Å². The molecule has 128 valence electrons. The number of ketones is 1. The van der Waals surface area contributed by atoms with Gasteiger partial charge in [0, 0.05) is 31.7 Å². The van der Waals surface area contributed by atoms with Gasteiger partial charge in [-0.3, -0.25) is 4.79 Å². The van der Waals surface area contributed by atoms with Gasteiger partial charge < -0.3 is 9.64 Å². The summed E-state index contributed by atoms with van der Waals surface area (Å²) in [5.41, 5.74) is 2.02. The van der Waals surface area contributed by atoms with Crippen LogP contribution in [0.5, 0.6) is 0 Å². The Balaban J connectivity index is 1.70. The van der Waals surface area contributed by atoms with Crippen LogP contribution in [-0.2, 0) is 4.74 Å². The molecule has 0 aliphatic carbocycles. The van der Waals surface area contributed by atoms with Gasteiger partial charge in [-0.05, 0) is 51.6 Å². The minimum atomic E-state index is 0.0590. The molecule has 1 heterocycles. The molecule has 3 nitrogen and oxygen atoms in total. The number of carbonyl (C=O) groups excluding carboxylic acids is 1. The van der Waals surface area contributed by atoms with Crippen molar-refractivity contribution in [2.45, 2.75) is 58.5 Å². The van der Waals surface area contributed by atoms with Crippen LogP contribution in [0, 0.1) is 6.92 Å². The standard InChI is InChI=1S/C20H31NO2/c1-4-16-23-20(3)11-14-21(15-12-20)13-7-10-19(22)18-9-6-5-8-17(18)2/h5-6,8-9H,4,7,10-16H2,1-3H3. The molecule has 0 spiro atoms. The number of aryl methyl sites for hydroxylation is 1. The second-order valence-corrected chi connectivity index (χ2v) is 6.98. The first-order chi connectivity index (χ1) is 11.0. The molecule has 0 saturated carbocycles. The first-order valence-corrected chi connectivity index (χ1v) is 8.99. The van der Waals surface area contributed by atoms with Gasteiger partial charge >= 0.3 is 0 Å². The molecule has 1 fully saturated rings. The maximum atomic E-state index is 12.3. The fourth-order valence-corrected chi connectivity index (χ4v) is 3.23. The van der Waals surface area contributed by atoms with Crippen molar-refractivity contribution in [2.24, 2.45) is 0 Å². The van der Waals surface area contributed by atoms with Crippen molar-refractivity contribution in [1.82, 2.24) is 4.90 Å². The van der Waals surface area contributed by atoms with E-state index in [1.165, 1.54) is 0 Å². The average molecular weight is 317 g/mol. The van der Waals surface area contributed by atoms with Crippen LogP contribution in [0.3, 0.4) is 0 Å². The molecule has 1 saturated heterocycles. The fraction of sp³-hybridized carbons (Fsp3) is 0.650. The highest BCUT2D eigenvalue weighted by molar-refractivity contribution is 5.97. The molecule has 0 radical (unpaired) electrons. The van der Waals surface area contributed by atoms with Gasteiger partial charge in [-0.25, -0.2) is 0 Å². The number of nitrogens with zero attached hydrogens (tertiary/aromatic N) is 1. The van der Waals surface area contributed by atoms with Gasteiger partial charge in [-0.15, -0.1) is 0 Å². The van der Waals surface area contributed by atoms with Crippen LogP contribution in [0.4, 0.5) is 0 Å². The summed E-state index contributed by atoms with van der Waals surface area (Å²) in [6, 6.07) is 7.88. The molecule has 0 bridgehead atoms. The number of hydrogen-bond acceptors (Lipinski definition) is 3. The molecule has 0 unspecified atom stereocenters. The van der Waals surface area contributed by atoms with Crippen molar-refractivity contribution in [3.63, 3.8) is 0 Å². The molecule has 23 heavy (non-hydrogen) atoms. The number of ether oxygens (including phenoxy) is 1. The molecule has 1 aromatic carbocycles. The minimum Gasteiger partial charge on any atom is -0.375 e. The van der Waals surface area contributed by atoms with E-state index in [2.05, 4.69) is 18.7 Å². The zero-order chi connectivity index (χ0) is 16.7. The highest BCUT2D eigenvalue weighted by Gasteiger charge is 2.30. The maximum Gasteiger partial charge on any atom is 0.163 e. The van der Waals surface area contributed by atoms with E-state index >= 15 is 0 Å². The number of Topliss-reactive ketones (excluding diaryl/α,β-unsaturated/α-hetero) is 1. The van der Waals surface area contributed by atoms with Crippen LogP contribution in [0.25, 0.3) is 0 Å². The van der Waals surface area contributed by atoms with Crippen LogP contribution in [-0.4, -0.2) is 42.5 Å². The first kappa shape index (κ1) is 18.2. The maximum absolute atomic E-state index is 12.3. The molecule has 1 aliphatic heterocycles. The van der Waals surface area contributed by atoms with Crippen molar-refractivity contribution in [3.8, 4) is 0 Å². The lowest BCUT2D eigenvalue weighted by Crippen LogP contribution is -2.44. The number of piperidine rings is 1. The minimum absolute atomic E-state index is 0.0590. The lowest BCUT2D eigenvalue weighted by Gasteiger charge is -2.39. The molecule has 0 aromatic heterocycles. The Bertz CT molecular complexity index is 504. The molecular formula is C20H31NO2. The summed E-state index contributed by atoms with van der Waals surface area (Å²) in [6.07, 6.45) is 4.86. The molecule has 1 aliphatic rings. The summed E-state index contributed by atoms with van der Waals surface area (Å²) in [4.78, 5) is 14.8. The third kappa shape index (κ3) is 5.43. The van der Waals surface area contributed by atoms with Crippen molar-refractivity contribution < 1.29 is 9.53 Å². The van der Waals surface area contributed by atoms with Crippen LogP contribution in [0.1, 0.15) is 61.9 Å². The van der Waals surface area contributed by atoms with Gasteiger partial charge in [-0.1, -0.05) is 31.2 Å². The smallest absolute Gasteiger partial charge is 0.163 e. The summed E-state index contributed by atoms with van der Waals surface area (Å²) in [5.74, 6) is 0.274. The van der Waals surface area contributed by atoms with Crippen molar-refractivity contribution in [1.29, 1.82) is 0 Å². The van der Waals surface area contributed by atoms with E-state index in [4.69, 9.17) is 4.74 Å². The second kappa shape index (κ2) is 8.60. The Labute approximate surface area is 141 Å². The van der Waals surface area contributed by atoms with Gasteiger partial charge in [0.05, 0.1) is 5.60 Å². The van der Waals surface area contributed by atoms with E-state index in [-0.39, 0.29) is 11.4 Å². The Kier molecular flexibility index (Phi) is 6.79. The highest BCUT2D eigenvalue weighted by atomic mass is 16.5. The Morgan fingerprint density at radius 2 is 1.96 bits per heavy atom. The molecule has 0 N–H and O–H groups in total. The van der Waals surface area contributed by atoms with E-state index in [1.807, 2.05) is 31.2 Å². The van der Waals surface area contributed by atoms with Crippen molar-refractivity contribution >= 4 is 5.78 Å². The van der Waals surface area contributed by atoms with Gasteiger partial charge in [-0.2, -0.15) is 0 Å². The van der Waals surface area contributed by atoms with Gasteiger partial charge in [0.1, 0.15) is 0 Å². The summed E-state index contributed by atoms with van der Waals surface area (Å²) in [7, 11) is 0. The second-order valence-electron chi connectivity index (χ2n) is 6.98. The van der Waals surface area contributed by atoms with Crippen LogP contribution in [0.15, 0.2) is 24.3 Å². The Morgan fingerprint density at radius 3 is 2.61 bits per heavy atom. The topological polar surface area (TPSA) is 29.5 Å². The zero-order valence-electron chi connectivity index (χ0n) is 14.9. The van der Waals surface area contributed by atoms with Gasteiger partial charge in [0.15, 0.2) is 5.78 Å². The normalized spacial score (nSPS) is 18.0. The summed E-state index contributed by atoms with van der Waals surface area (Å²) in [6.45, 7) is 10.4. The molecule has 2 rings (SSSR count). The molecule has 3 heteroatoms. The fourth-order valence-electron chi connectivity index (χ4n) is 3.23. The number of carbonyl (C=O) groups is 1. The molecule has 1 aromatic rings. The largest absolute Gasteiger partial charge is 0.375 e. The number of benzene rings is 1. The van der Waals surface area contributed by atoms with E-state index in [9.17, 15) is 4.79 Å². The van der Waals surface area contributed by atoms with Crippen LogP contribution >= 0.6 is 0 Å². The monoisotopic (exact) mass is 317 g/mol. The number of rotatable bonds is 8. The molecule has 0 atom stereocenters. The van der Waals surface area contributed by atoms with E-state index < -0.39 is 0 Å². The predicted octanol–water partition coefficient (Wildman–Crippen LogP) is 4.24. The molecular weight excluding hydrogens is 286 g/mol. The quantitative estimate of drug-likeness (QED) is 0.672. The first-order valence-electron chi connectivity index (χ1n) is 8.99. The van der Waals surface area contributed by atoms with Crippen molar-refractivity contribution in [2.75, 3.05) is 26.2 Å². The van der Waals surface area contributed by atoms with E-state index in [0.717, 1.165) is 63.1 Å². The van der Waals surface area contributed by atoms with Crippen LogP contribution < -0.4 is 0 Å².